The van der Waals surface area contributed by atoms with Crippen LogP contribution in [0.2, 0.25) is 5.02 Å². The monoisotopic (exact) mass is 436 g/mol. The SMILES string of the molecule is COC(=O)Cc1csc(NC(=O)c2cc(Cl)ccc2I)n1. The van der Waals surface area contributed by atoms with Gasteiger partial charge in [-0.15, -0.1) is 11.3 Å². The van der Waals surface area contributed by atoms with Crippen LogP contribution in [0.25, 0.3) is 0 Å². The number of aromatic nitrogens is 1. The Labute approximate surface area is 143 Å². The lowest BCUT2D eigenvalue weighted by atomic mass is 10.2. The molecule has 2 rings (SSSR count). The van der Waals surface area contributed by atoms with Crippen molar-refractivity contribution < 1.29 is 14.3 Å². The summed E-state index contributed by atoms with van der Waals surface area (Å²) in [7, 11) is 1.32. The molecular formula is C13H10ClIN2O3S. The largest absolute Gasteiger partial charge is 0.469 e. The van der Waals surface area contributed by atoms with E-state index in [-0.39, 0.29) is 18.3 Å². The van der Waals surface area contributed by atoms with Crippen LogP contribution < -0.4 is 5.32 Å². The van der Waals surface area contributed by atoms with E-state index in [0.717, 1.165) is 3.57 Å². The van der Waals surface area contributed by atoms with Gasteiger partial charge in [-0.05, 0) is 40.8 Å². The minimum atomic E-state index is -0.373. The molecule has 1 N–H and O–H groups in total. The van der Waals surface area contributed by atoms with Crippen molar-refractivity contribution in [3.63, 3.8) is 0 Å². The Balaban J connectivity index is 2.09. The maximum absolute atomic E-state index is 12.2. The van der Waals surface area contributed by atoms with Crippen molar-refractivity contribution in [2.45, 2.75) is 6.42 Å². The van der Waals surface area contributed by atoms with Gasteiger partial charge in [0.2, 0.25) is 0 Å². The second-order valence-electron chi connectivity index (χ2n) is 3.98. The number of hydrogen-bond donors (Lipinski definition) is 1. The Bertz CT molecular complexity index is 690. The Morgan fingerprint density at radius 3 is 2.95 bits per heavy atom. The number of nitrogens with one attached hydrogen (secondary N) is 1. The molecule has 1 aromatic carbocycles. The van der Waals surface area contributed by atoms with Gasteiger partial charge in [-0.25, -0.2) is 4.98 Å². The summed E-state index contributed by atoms with van der Waals surface area (Å²) >= 11 is 9.21. The normalized spacial score (nSPS) is 10.2. The first-order chi connectivity index (χ1) is 9.99. The highest BCUT2D eigenvalue weighted by Gasteiger charge is 2.14. The van der Waals surface area contributed by atoms with E-state index >= 15 is 0 Å². The topological polar surface area (TPSA) is 68.3 Å². The summed E-state index contributed by atoms with van der Waals surface area (Å²) in [6, 6.07) is 5.09. The van der Waals surface area contributed by atoms with Crippen LogP contribution in [0, 0.1) is 3.57 Å². The third kappa shape index (κ3) is 4.39. The molecule has 0 aliphatic rings. The smallest absolute Gasteiger partial charge is 0.311 e. The van der Waals surface area contributed by atoms with Crippen LogP contribution in [0.5, 0.6) is 0 Å². The number of hydrogen-bond acceptors (Lipinski definition) is 5. The van der Waals surface area contributed by atoms with Crippen LogP contribution in [0.4, 0.5) is 5.13 Å². The molecule has 0 aliphatic heterocycles. The molecule has 8 heteroatoms. The minimum absolute atomic E-state index is 0.0809. The van der Waals surface area contributed by atoms with E-state index in [9.17, 15) is 9.59 Å². The number of anilines is 1. The number of methoxy groups -OCH3 is 1. The van der Waals surface area contributed by atoms with Crippen molar-refractivity contribution in [2.75, 3.05) is 12.4 Å². The highest BCUT2D eigenvalue weighted by Crippen LogP contribution is 2.21. The zero-order chi connectivity index (χ0) is 15.4. The average molecular weight is 437 g/mol. The van der Waals surface area contributed by atoms with E-state index in [1.165, 1.54) is 18.4 Å². The highest BCUT2D eigenvalue weighted by molar-refractivity contribution is 14.1. The van der Waals surface area contributed by atoms with E-state index < -0.39 is 0 Å². The van der Waals surface area contributed by atoms with Gasteiger partial charge >= 0.3 is 5.97 Å². The Morgan fingerprint density at radius 2 is 2.24 bits per heavy atom. The lowest BCUT2D eigenvalue weighted by Crippen LogP contribution is -2.13. The van der Waals surface area contributed by atoms with Gasteiger partial charge < -0.3 is 4.74 Å². The number of carbonyl (C=O) groups is 2. The maximum Gasteiger partial charge on any atom is 0.311 e. The van der Waals surface area contributed by atoms with Gasteiger partial charge in [0.05, 0.1) is 24.8 Å². The van der Waals surface area contributed by atoms with Crippen LogP contribution in [0.1, 0.15) is 16.1 Å². The molecule has 0 saturated carbocycles. The molecule has 0 saturated heterocycles. The summed E-state index contributed by atoms with van der Waals surface area (Å²) in [4.78, 5) is 27.5. The van der Waals surface area contributed by atoms with Crippen LogP contribution in [0.15, 0.2) is 23.6 Å². The first-order valence-electron chi connectivity index (χ1n) is 5.77. The average Bonchev–Trinajstić information content (AvgIpc) is 2.88. The highest BCUT2D eigenvalue weighted by atomic mass is 127. The van der Waals surface area contributed by atoms with Crippen molar-refractivity contribution in [2.24, 2.45) is 0 Å². The molecule has 0 unspecified atom stereocenters. The number of amides is 1. The van der Waals surface area contributed by atoms with Gasteiger partial charge in [-0.2, -0.15) is 0 Å². The third-order valence-electron chi connectivity index (χ3n) is 2.50. The van der Waals surface area contributed by atoms with Gasteiger partial charge in [0.15, 0.2) is 5.13 Å². The van der Waals surface area contributed by atoms with Crippen LogP contribution in [-0.4, -0.2) is 24.0 Å². The zero-order valence-electron chi connectivity index (χ0n) is 10.9. The second-order valence-corrected chi connectivity index (χ2v) is 6.43. The fourth-order valence-electron chi connectivity index (χ4n) is 1.50. The molecule has 0 bridgehead atoms. The van der Waals surface area contributed by atoms with Crippen LogP contribution in [-0.2, 0) is 16.0 Å². The molecule has 1 heterocycles. The minimum Gasteiger partial charge on any atom is -0.469 e. The molecule has 0 fully saturated rings. The lowest BCUT2D eigenvalue weighted by molar-refractivity contribution is -0.139. The molecule has 1 amide bonds. The number of benzene rings is 1. The van der Waals surface area contributed by atoms with Gasteiger partial charge in [0, 0.05) is 14.0 Å². The predicted molar refractivity (Wildman–Crippen MR) is 90.0 cm³/mol. The van der Waals surface area contributed by atoms with E-state index in [0.29, 0.717) is 21.4 Å². The molecule has 5 nitrogen and oxygen atoms in total. The fourth-order valence-corrected chi connectivity index (χ4v) is 2.96. The third-order valence-corrected chi connectivity index (χ3v) is 4.48. The van der Waals surface area contributed by atoms with Gasteiger partial charge in [-0.3, -0.25) is 14.9 Å². The number of esters is 1. The maximum atomic E-state index is 12.2. The molecule has 21 heavy (non-hydrogen) atoms. The van der Waals surface area contributed by atoms with Crippen molar-refractivity contribution in [3.05, 3.63) is 43.4 Å². The Kier molecular flexibility index (Phi) is 5.54. The molecule has 1 aromatic heterocycles. The Hall–Kier alpha value is -1.19. The van der Waals surface area contributed by atoms with Gasteiger partial charge in [0.1, 0.15) is 0 Å². The summed E-state index contributed by atoms with van der Waals surface area (Å²) in [6.45, 7) is 0. The van der Waals surface area contributed by atoms with Crippen LogP contribution >= 0.6 is 45.5 Å². The summed E-state index contributed by atoms with van der Waals surface area (Å²) < 4.78 is 5.36. The van der Waals surface area contributed by atoms with Crippen molar-refractivity contribution in [1.29, 1.82) is 0 Å². The molecule has 0 spiro atoms. The van der Waals surface area contributed by atoms with Gasteiger partial charge in [0.25, 0.3) is 5.91 Å². The zero-order valence-corrected chi connectivity index (χ0v) is 14.6. The van der Waals surface area contributed by atoms with E-state index in [2.05, 4.69) is 37.6 Å². The van der Waals surface area contributed by atoms with E-state index in [1.807, 2.05) is 0 Å². The first-order valence-corrected chi connectivity index (χ1v) is 8.11. The summed E-state index contributed by atoms with van der Waals surface area (Å²) in [5.41, 5.74) is 1.04. The Morgan fingerprint density at radius 1 is 1.48 bits per heavy atom. The van der Waals surface area contributed by atoms with Crippen molar-refractivity contribution in [1.82, 2.24) is 4.98 Å². The van der Waals surface area contributed by atoms with Gasteiger partial charge in [-0.1, -0.05) is 11.6 Å². The van der Waals surface area contributed by atoms with E-state index in [4.69, 9.17) is 11.6 Å². The van der Waals surface area contributed by atoms with Crippen molar-refractivity contribution >= 4 is 62.5 Å². The molecule has 0 aliphatic carbocycles. The predicted octanol–water partition coefficient (Wildman–Crippen LogP) is 3.37. The number of carbonyl (C=O) groups excluding carboxylic acids is 2. The molecule has 0 radical (unpaired) electrons. The first kappa shape index (κ1) is 16.2. The summed E-state index contributed by atoms with van der Waals surface area (Å²) in [5.74, 6) is -0.663. The summed E-state index contributed by atoms with van der Waals surface area (Å²) in [5, 5.41) is 5.31. The number of rotatable bonds is 4. The summed E-state index contributed by atoms with van der Waals surface area (Å²) in [6.07, 6.45) is 0.0809. The molecule has 0 atom stereocenters. The second kappa shape index (κ2) is 7.19. The number of thiazole rings is 1. The fraction of sp³-hybridized carbons (Fsp3) is 0.154. The molecule has 2 aromatic rings. The molecular weight excluding hydrogens is 427 g/mol. The van der Waals surface area contributed by atoms with Crippen molar-refractivity contribution in [3.8, 4) is 0 Å². The quantitative estimate of drug-likeness (QED) is 0.589. The number of ether oxygens (including phenoxy) is 1. The number of nitrogens with zero attached hydrogens (tertiary/aromatic N) is 1. The lowest BCUT2D eigenvalue weighted by Gasteiger charge is -2.04. The standard InChI is InChI=1S/C13H10ClIN2O3S/c1-20-11(18)5-8-6-21-13(16-8)17-12(19)9-4-7(14)2-3-10(9)15/h2-4,6H,5H2,1H3,(H,16,17,19). The molecule has 110 valence electrons. The van der Waals surface area contributed by atoms with E-state index in [1.54, 1.807) is 23.6 Å². The number of halogens is 2. The van der Waals surface area contributed by atoms with Crippen LogP contribution in [0.3, 0.4) is 0 Å².